The largest absolute Gasteiger partial charge is 0.383 e. The zero-order chi connectivity index (χ0) is 12.5. The zero-order valence-corrected chi connectivity index (χ0v) is 9.65. The summed E-state index contributed by atoms with van der Waals surface area (Å²) < 4.78 is 30.5. The van der Waals surface area contributed by atoms with Crippen molar-refractivity contribution in [3.63, 3.8) is 0 Å². The highest BCUT2D eigenvalue weighted by Crippen LogP contribution is 2.13. The molecule has 0 saturated heterocycles. The number of nitrogen functional groups attached to an aromatic ring is 1. The number of nitrogens with one attached hydrogen (secondary N) is 2. The molecule has 0 atom stereocenters. The Morgan fingerprint density at radius 1 is 1.59 bits per heavy atom. The number of nitrogens with zero attached hydrogens (tertiary/aromatic N) is 3. The predicted octanol–water partition coefficient (Wildman–Crippen LogP) is -0.838. The SMILES string of the molecule is Cc1noc(CNS(=O)(=O)c2cn[nH]c2N)n1. The van der Waals surface area contributed by atoms with E-state index in [1.807, 2.05) is 0 Å². The molecule has 2 aromatic heterocycles. The fourth-order valence-electron chi connectivity index (χ4n) is 1.15. The van der Waals surface area contributed by atoms with Gasteiger partial charge in [-0.05, 0) is 6.92 Å². The second kappa shape index (κ2) is 4.14. The van der Waals surface area contributed by atoms with Crippen LogP contribution in [0, 0.1) is 6.92 Å². The number of sulfonamides is 1. The summed E-state index contributed by atoms with van der Waals surface area (Å²) in [4.78, 5) is 3.74. The lowest BCUT2D eigenvalue weighted by Crippen LogP contribution is -2.23. The van der Waals surface area contributed by atoms with Crippen LogP contribution in [0.1, 0.15) is 11.7 Å². The van der Waals surface area contributed by atoms with Crippen molar-refractivity contribution in [2.24, 2.45) is 0 Å². The number of rotatable bonds is 4. The van der Waals surface area contributed by atoms with Gasteiger partial charge in [0.15, 0.2) is 5.82 Å². The third-order valence-corrected chi connectivity index (χ3v) is 3.33. The molecule has 0 spiro atoms. The van der Waals surface area contributed by atoms with Gasteiger partial charge in [0.2, 0.25) is 15.9 Å². The normalized spacial score (nSPS) is 11.8. The Bertz CT molecular complexity index is 615. The lowest BCUT2D eigenvalue weighted by Gasteiger charge is -2.02. The summed E-state index contributed by atoms with van der Waals surface area (Å²) in [5.41, 5.74) is 5.41. The fraction of sp³-hybridized carbons (Fsp3) is 0.286. The smallest absolute Gasteiger partial charge is 0.246 e. The topological polar surface area (TPSA) is 140 Å². The molecule has 0 bridgehead atoms. The summed E-state index contributed by atoms with van der Waals surface area (Å²) in [7, 11) is -3.73. The number of H-pyrrole nitrogens is 1. The van der Waals surface area contributed by atoms with Crippen LogP contribution >= 0.6 is 0 Å². The van der Waals surface area contributed by atoms with Gasteiger partial charge in [-0.1, -0.05) is 5.16 Å². The third-order valence-electron chi connectivity index (χ3n) is 1.90. The molecule has 0 saturated carbocycles. The molecule has 4 N–H and O–H groups in total. The zero-order valence-electron chi connectivity index (χ0n) is 8.84. The van der Waals surface area contributed by atoms with Crippen LogP contribution in [-0.2, 0) is 16.6 Å². The lowest BCUT2D eigenvalue weighted by atomic mass is 10.6. The maximum atomic E-state index is 11.8. The van der Waals surface area contributed by atoms with E-state index in [0.29, 0.717) is 5.82 Å². The van der Waals surface area contributed by atoms with Crippen LogP contribution < -0.4 is 10.5 Å². The van der Waals surface area contributed by atoms with Crippen molar-refractivity contribution in [2.75, 3.05) is 5.73 Å². The maximum Gasteiger partial charge on any atom is 0.246 e. The molecule has 0 unspecified atom stereocenters. The van der Waals surface area contributed by atoms with Crippen LogP contribution in [0.25, 0.3) is 0 Å². The second-order valence-corrected chi connectivity index (χ2v) is 4.94. The number of aromatic nitrogens is 4. The summed E-state index contributed by atoms with van der Waals surface area (Å²) in [6.07, 6.45) is 1.12. The maximum absolute atomic E-state index is 11.8. The van der Waals surface area contributed by atoms with Crippen molar-refractivity contribution >= 4 is 15.8 Å². The van der Waals surface area contributed by atoms with Crippen molar-refractivity contribution in [3.8, 4) is 0 Å². The molecule has 0 fully saturated rings. The van der Waals surface area contributed by atoms with Crippen LogP contribution in [0.4, 0.5) is 5.82 Å². The Balaban J connectivity index is 2.11. The van der Waals surface area contributed by atoms with Gasteiger partial charge in [-0.2, -0.15) is 10.1 Å². The monoisotopic (exact) mass is 258 g/mol. The summed E-state index contributed by atoms with van der Waals surface area (Å²) in [6.45, 7) is 1.53. The first-order valence-electron chi connectivity index (χ1n) is 4.57. The Morgan fingerprint density at radius 2 is 2.35 bits per heavy atom. The van der Waals surface area contributed by atoms with Gasteiger partial charge in [0, 0.05) is 0 Å². The number of hydrogen-bond donors (Lipinski definition) is 3. The van der Waals surface area contributed by atoms with Crippen molar-refractivity contribution in [1.29, 1.82) is 0 Å². The van der Waals surface area contributed by atoms with E-state index in [1.54, 1.807) is 6.92 Å². The van der Waals surface area contributed by atoms with Gasteiger partial charge in [0.05, 0.1) is 12.7 Å². The van der Waals surface area contributed by atoms with Crippen LogP contribution in [-0.4, -0.2) is 28.8 Å². The molecule has 17 heavy (non-hydrogen) atoms. The molecule has 0 amide bonds. The van der Waals surface area contributed by atoms with E-state index in [9.17, 15) is 8.42 Å². The summed E-state index contributed by atoms with van der Waals surface area (Å²) >= 11 is 0. The molecular weight excluding hydrogens is 248 g/mol. The van der Waals surface area contributed by atoms with Gasteiger partial charge in [-0.25, -0.2) is 13.1 Å². The molecule has 0 aliphatic heterocycles. The van der Waals surface area contributed by atoms with E-state index in [1.165, 1.54) is 0 Å². The molecule has 0 aliphatic rings. The summed E-state index contributed by atoms with van der Waals surface area (Å²) in [6, 6.07) is 0. The molecule has 9 nitrogen and oxygen atoms in total. The van der Waals surface area contributed by atoms with E-state index in [0.717, 1.165) is 6.20 Å². The van der Waals surface area contributed by atoms with Crippen molar-refractivity contribution in [2.45, 2.75) is 18.4 Å². The molecule has 2 aromatic rings. The number of anilines is 1. The molecule has 0 aromatic carbocycles. The number of aromatic amines is 1. The molecule has 0 aliphatic carbocycles. The van der Waals surface area contributed by atoms with Crippen LogP contribution in [0.5, 0.6) is 0 Å². The average molecular weight is 258 g/mol. The van der Waals surface area contributed by atoms with Gasteiger partial charge in [-0.15, -0.1) is 0 Å². The summed E-state index contributed by atoms with van der Waals surface area (Å²) in [5, 5.41) is 9.39. The first kappa shape index (κ1) is 11.5. The van der Waals surface area contributed by atoms with Crippen LogP contribution in [0.2, 0.25) is 0 Å². The quantitative estimate of drug-likeness (QED) is 0.649. The van der Waals surface area contributed by atoms with Gasteiger partial charge in [0.25, 0.3) is 0 Å². The van der Waals surface area contributed by atoms with E-state index in [2.05, 4.69) is 25.1 Å². The molecule has 2 heterocycles. The van der Waals surface area contributed by atoms with Gasteiger partial charge < -0.3 is 10.3 Å². The van der Waals surface area contributed by atoms with Crippen LogP contribution in [0.3, 0.4) is 0 Å². The molecule has 10 heteroatoms. The number of aryl methyl sites for hydroxylation is 1. The lowest BCUT2D eigenvalue weighted by molar-refractivity contribution is 0.372. The van der Waals surface area contributed by atoms with E-state index >= 15 is 0 Å². The highest BCUT2D eigenvalue weighted by atomic mass is 32.2. The second-order valence-electron chi connectivity index (χ2n) is 3.21. The first-order valence-corrected chi connectivity index (χ1v) is 6.05. The molecule has 92 valence electrons. The Hall–Kier alpha value is -1.94. The van der Waals surface area contributed by atoms with Crippen LogP contribution in [0.15, 0.2) is 15.6 Å². The van der Waals surface area contributed by atoms with Crippen molar-refractivity contribution < 1.29 is 12.9 Å². The first-order chi connectivity index (χ1) is 7.99. The third kappa shape index (κ3) is 2.42. The molecular formula is C7H10N6O3S. The van der Waals surface area contributed by atoms with E-state index < -0.39 is 10.0 Å². The van der Waals surface area contributed by atoms with Gasteiger partial charge in [0.1, 0.15) is 10.7 Å². The minimum atomic E-state index is -3.73. The highest BCUT2D eigenvalue weighted by Gasteiger charge is 2.19. The number of hydrogen-bond acceptors (Lipinski definition) is 7. The number of nitrogens with two attached hydrogens (primary N) is 1. The highest BCUT2D eigenvalue weighted by molar-refractivity contribution is 7.89. The Kier molecular flexibility index (Phi) is 2.81. The summed E-state index contributed by atoms with van der Waals surface area (Å²) in [5.74, 6) is 0.578. The fourth-order valence-corrected chi connectivity index (χ4v) is 2.14. The minimum Gasteiger partial charge on any atom is -0.383 e. The Labute approximate surface area is 96.5 Å². The molecule has 2 rings (SSSR count). The predicted molar refractivity (Wildman–Crippen MR) is 56.1 cm³/mol. The van der Waals surface area contributed by atoms with E-state index in [4.69, 9.17) is 10.3 Å². The Morgan fingerprint density at radius 3 is 2.88 bits per heavy atom. The minimum absolute atomic E-state index is 0.0285. The van der Waals surface area contributed by atoms with Gasteiger partial charge >= 0.3 is 0 Å². The van der Waals surface area contributed by atoms with E-state index in [-0.39, 0.29) is 23.1 Å². The van der Waals surface area contributed by atoms with Crippen molar-refractivity contribution in [1.82, 2.24) is 25.1 Å². The standard InChI is InChI=1S/C7H10N6O3S/c1-4-11-6(16-13-4)3-10-17(14,15)5-2-9-12-7(5)8/h2,10H,3H2,1H3,(H3,8,9,12). The average Bonchev–Trinajstić information content (AvgIpc) is 2.85. The van der Waals surface area contributed by atoms with Crippen molar-refractivity contribution in [3.05, 3.63) is 17.9 Å². The molecule has 0 radical (unpaired) electrons. The van der Waals surface area contributed by atoms with Gasteiger partial charge in [-0.3, -0.25) is 5.10 Å².